The fourth-order valence-electron chi connectivity index (χ4n) is 1.48. The molecule has 20 heavy (non-hydrogen) atoms. The zero-order valence-corrected chi connectivity index (χ0v) is 11.0. The van der Waals surface area contributed by atoms with Crippen molar-refractivity contribution in [1.29, 1.82) is 0 Å². The summed E-state index contributed by atoms with van der Waals surface area (Å²) in [6.45, 7) is 0. The summed E-state index contributed by atoms with van der Waals surface area (Å²) in [4.78, 5) is 0. The maximum Gasteiger partial charge on any atom is 0.573 e. The van der Waals surface area contributed by atoms with Gasteiger partial charge in [0.15, 0.2) is 5.44 Å². The summed E-state index contributed by atoms with van der Waals surface area (Å²) >= 11 is 4.26. The van der Waals surface area contributed by atoms with Crippen LogP contribution in [0, 0.1) is 6.07 Å². The van der Waals surface area contributed by atoms with Crippen molar-refractivity contribution in [2.75, 3.05) is 0 Å². The van der Waals surface area contributed by atoms with Crippen molar-refractivity contribution in [2.24, 2.45) is 0 Å². The van der Waals surface area contributed by atoms with Gasteiger partial charge in [-0.15, -0.1) is 25.8 Å². The summed E-state index contributed by atoms with van der Waals surface area (Å²) in [5.41, 5.74) is 0.0352. The smallest absolute Gasteiger partial charge is 0.475 e. The Bertz CT molecular complexity index is 541. The first kappa shape index (κ1) is 14.6. The molecule has 0 heterocycles. The van der Waals surface area contributed by atoms with Gasteiger partial charge in [0, 0.05) is 5.56 Å². The highest BCUT2D eigenvalue weighted by Gasteiger charge is 2.31. The monoisotopic (exact) mass is 299 g/mol. The van der Waals surface area contributed by atoms with E-state index in [4.69, 9.17) is 4.74 Å². The Morgan fingerprint density at radius 2 is 1.55 bits per heavy atom. The molecule has 105 valence electrons. The summed E-state index contributed by atoms with van der Waals surface area (Å²) in [6.07, 6.45) is -4.70. The minimum Gasteiger partial charge on any atom is -0.475 e. The van der Waals surface area contributed by atoms with E-state index in [9.17, 15) is 13.2 Å². The van der Waals surface area contributed by atoms with Crippen LogP contribution in [0.2, 0.25) is 0 Å². The van der Waals surface area contributed by atoms with Gasteiger partial charge in [-0.2, -0.15) is 0 Å². The van der Waals surface area contributed by atoms with Crippen LogP contribution < -0.4 is 9.47 Å². The molecule has 2 nitrogen and oxygen atoms in total. The van der Waals surface area contributed by atoms with Gasteiger partial charge >= 0.3 is 6.36 Å². The first-order chi connectivity index (χ1) is 9.44. The highest BCUT2D eigenvalue weighted by Crippen LogP contribution is 2.28. The molecule has 1 atom stereocenters. The number of rotatable bonds is 4. The van der Waals surface area contributed by atoms with Crippen LogP contribution in [0.1, 0.15) is 11.0 Å². The largest absolute Gasteiger partial charge is 0.573 e. The first-order valence-corrected chi connectivity index (χ1v) is 6.12. The minimum atomic E-state index is -4.70. The van der Waals surface area contributed by atoms with E-state index in [0.29, 0.717) is 11.3 Å². The Labute approximate surface area is 119 Å². The second-order valence-corrected chi connectivity index (χ2v) is 4.29. The maximum atomic E-state index is 12.0. The van der Waals surface area contributed by atoms with Gasteiger partial charge in [-0.25, -0.2) is 0 Å². The van der Waals surface area contributed by atoms with Gasteiger partial charge in [-0.05, 0) is 30.3 Å². The van der Waals surface area contributed by atoms with E-state index in [1.807, 2.05) is 0 Å². The zero-order chi connectivity index (χ0) is 14.6. The molecule has 0 saturated heterocycles. The van der Waals surface area contributed by atoms with Crippen LogP contribution in [0.3, 0.4) is 0 Å². The third kappa shape index (κ3) is 4.38. The average molecular weight is 299 g/mol. The van der Waals surface area contributed by atoms with E-state index < -0.39 is 11.8 Å². The molecule has 0 bridgehead atoms. The predicted octanol–water partition coefficient (Wildman–Crippen LogP) is 4.39. The number of thiol groups is 1. The summed E-state index contributed by atoms with van der Waals surface area (Å²) in [5, 5.41) is 0. The van der Waals surface area contributed by atoms with E-state index >= 15 is 0 Å². The topological polar surface area (TPSA) is 18.5 Å². The van der Waals surface area contributed by atoms with Crippen molar-refractivity contribution in [3.63, 3.8) is 0 Å². The van der Waals surface area contributed by atoms with Crippen LogP contribution in [-0.2, 0) is 0 Å². The lowest BCUT2D eigenvalue weighted by Gasteiger charge is -2.15. The van der Waals surface area contributed by atoms with E-state index in [0.717, 1.165) is 0 Å². The lowest BCUT2D eigenvalue weighted by molar-refractivity contribution is -0.274. The van der Waals surface area contributed by atoms with Gasteiger partial charge < -0.3 is 9.47 Å². The third-order valence-electron chi connectivity index (χ3n) is 2.33. The fourth-order valence-corrected chi connectivity index (χ4v) is 1.78. The van der Waals surface area contributed by atoms with Crippen LogP contribution in [0.25, 0.3) is 0 Å². The standard InChI is InChI=1S/C14H10F3O2S/c15-14(16,17)19-12-8-6-10(7-9-12)13(20)18-11-4-2-1-3-5-11/h2-9,13,20H. The summed E-state index contributed by atoms with van der Waals surface area (Å²) in [7, 11) is 0. The van der Waals surface area contributed by atoms with E-state index in [1.54, 1.807) is 24.3 Å². The lowest BCUT2D eigenvalue weighted by Crippen LogP contribution is -2.17. The molecule has 0 aliphatic carbocycles. The lowest BCUT2D eigenvalue weighted by atomic mass is 10.2. The molecule has 6 heteroatoms. The summed E-state index contributed by atoms with van der Waals surface area (Å²) < 4.78 is 45.4. The third-order valence-corrected chi connectivity index (χ3v) is 2.74. The van der Waals surface area contributed by atoms with Gasteiger partial charge in [0.2, 0.25) is 0 Å². The number of benzene rings is 2. The Morgan fingerprint density at radius 3 is 2.10 bits per heavy atom. The fraction of sp³-hybridized carbons (Fsp3) is 0.143. The molecule has 0 spiro atoms. The summed E-state index contributed by atoms with van der Waals surface area (Å²) in [5.74, 6) is 0.315. The van der Waals surface area contributed by atoms with Gasteiger partial charge in [-0.3, -0.25) is 0 Å². The number of hydrogen-bond acceptors (Lipinski definition) is 3. The first-order valence-electron chi connectivity index (χ1n) is 5.60. The van der Waals surface area contributed by atoms with Crippen molar-refractivity contribution < 1.29 is 22.6 Å². The minimum absolute atomic E-state index is 0.281. The highest BCUT2D eigenvalue weighted by molar-refractivity contribution is 7.80. The Balaban J connectivity index is 2.02. The van der Waals surface area contributed by atoms with E-state index in [2.05, 4.69) is 23.4 Å². The van der Waals surface area contributed by atoms with Crippen molar-refractivity contribution in [3.8, 4) is 11.5 Å². The molecular weight excluding hydrogens is 289 g/mol. The van der Waals surface area contributed by atoms with Crippen LogP contribution in [0.4, 0.5) is 13.2 Å². The van der Waals surface area contributed by atoms with E-state index in [-0.39, 0.29) is 5.75 Å². The second kappa shape index (κ2) is 6.09. The number of ether oxygens (including phenoxy) is 2. The molecule has 1 unspecified atom stereocenters. The predicted molar refractivity (Wildman–Crippen MR) is 70.8 cm³/mol. The average Bonchev–Trinajstić information content (AvgIpc) is 2.39. The van der Waals surface area contributed by atoms with Crippen molar-refractivity contribution in [1.82, 2.24) is 0 Å². The van der Waals surface area contributed by atoms with Crippen LogP contribution in [-0.4, -0.2) is 6.36 Å². The van der Waals surface area contributed by atoms with E-state index in [1.165, 1.54) is 24.3 Å². The number of alkyl halides is 3. The van der Waals surface area contributed by atoms with Crippen LogP contribution >= 0.6 is 12.6 Å². The van der Waals surface area contributed by atoms with Gasteiger partial charge in [0.25, 0.3) is 0 Å². The Kier molecular flexibility index (Phi) is 4.44. The Morgan fingerprint density at radius 1 is 0.950 bits per heavy atom. The van der Waals surface area contributed by atoms with Crippen molar-refractivity contribution in [2.45, 2.75) is 11.8 Å². The molecule has 1 radical (unpaired) electrons. The normalized spacial score (nSPS) is 12.8. The highest BCUT2D eigenvalue weighted by atomic mass is 32.1. The molecule has 0 saturated carbocycles. The second-order valence-electron chi connectivity index (χ2n) is 3.82. The summed E-state index contributed by atoms with van der Waals surface area (Å²) in [6, 6.07) is 15.0. The SMILES string of the molecule is FC(F)(F)Oc1ccc(C(S)Oc2cc[c]cc2)cc1. The van der Waals surface area contributed by atoms with Crippen LogP contribution in [0.15, 0.2) is 48.5 Å². The Hall–Kier alpha value is -1.82. The quantitative estimate of drug-likeness (QED) is 0.666. The molecule has 2 aromatic rings. The molecule has 0 aliphatic rings. The number of halogens is 3. The molecule has 0 aromatic heterocycles. The molecule has 0 amide bonds. The maximum absolute atomic E-state index is 12.0. The molecule has 0 N–H and O–H groups in total. The number of hydrogen-bond donors (Lipinski definition) is 1. The van der Waals surface area contributed by atoms with Crippen molar-refractivity contribution >= 4 is 12.6 Å². The van der Waals surface area contributed by atoms with Crippen LogP contribution in [0.5, 0.6) is 11.5 Å². The molecule has 2 rings (SSSR count). The molecule has 0 fully saturated rings. The van der Waals surface area contributed by atoms with Gasteiger partial charge in [-0.1, -0.05) is 24.3 Å². The van der Waals surface area contributed by atoms with Crippen molar-refractivity contribution in [3.05, 3.63) is 60.2 Å². The molecule has 2 aromatic carbocycles. The molecule has 0 aliphatic heterocycles. The molecular formula is C14H10F3O2S. The van der Waals surface area contributed by atoms with Gasteiger partial charge in [0.1, 0.15) is 11.5 Å². The zero-order valence-electron chi connectivity index (χ0n) is 10.1. The van der Waals surface area contributed by atoms with Gasteiger partial charge in [0.05, 0.1) is 0 Å².